The van der Waals surface area contributed by atoms with Gasteiger partial charge in [-0.2, -0.15) is 0 Å². The monoisotopic (exact) mass is 284 g/mol. The molecule has 4 heteroatoms. The van der Waals surface area contributed by atoms with Crippen molar-refractivity contribution in [2.75, 3.05) is 6.66 Å². The van der Waals surface area contributed by atoms with Crippen molar-refractivity contribution < 1.29 is 13.6 Å². The third-order valence-corrected chi connectivity index (χ3v) is 4.14. The third-order valence-electron chi connectivity index (χ3n) is 2.85. The Morgan fingerprint density at radius 2 is 1.84 bits per heavy atom. The highest BCUT2D eigenvalue weighted by Gasteiger charge is 2.21. The summed E-state index contributed by atoms with van der Waals surface area (Å²) in [5.74, 6) is 0.589. The Hall–Kier alpha value is -0.790. The summed E-state index contributed by atoms with van der Waals surface area (Å²) >= 11 is 0. The van der Waals surface area contributed by atoms with Gasteiger partial charge < -0.3 is 4.52 Å². The van der Waals surface area contributed by atoms with Crippen LogP contribution in [0.4, 0.5) is 0 Å². The quantitative estimate of drug-likeness (QED) is 0.458. The molecule has 0 heterocycles. The van der Waals surface area contributed by atoms with Crippen molar-refractivity contribution in [1.29, 1.82) is 0 Å². The van der Waals surface area contributed by atoms with Crippen molar-refractivity contribution in [2.45, 2.75) is 52.1 Å². The normalized spacial score (nSPS) is 15.7. The first-order valence-electron chi connectivity index (χ1n) is 7.04. The molecule has 19 heavy (non-hydrogen) atoms. The summed E-state index contributed by atoms with van der Waals surface area (Å²) in [6.07, 6.45) is 5.68. The summed E-state index contributed by atoms with van der Waals surface area (Å²) in [5.41, 5.74) is 0. The van der Waals surface area contributed by atoms with Crippen molar-refractivity contribution in [3.8, 4) is 5.75 Å². The highest BCUT2D eigenvalue weighted by molar-refractivity contribution is 7.53. The molecule has 0 aliphatic heterocycles. The standard InChI is InChI=1S/C15H25O3P/c1-4-5-6-8-11-14(2)17-19(3,16)18-15-12-9-7-10-13-15/h7,9-10,12-14H,4-6,8,11H2,1-3H3/t14-,19?/m1/s1. The molecule has 2 atom stereocenters. The molecular formula is C15H25O3P. The Morgan fingerprint density at radius 3 is 2.47 bits per heavy atom. The molecule has 1 unspecified atom stereocenters. The summed E-state index contributed by atoms with van der Waals surface area (Å²) in [5, 5.41) is 0. The highest BCUT2D eigenvalue weighted by Crippen LogP contribution is 2.45. The van der Waals surface area contributed by atoms with Gasteiger partial charge in [0.25, 0.3) is 0 Å². The minimum atomic E-state index is -3.03. The molecule has 0 saturated carbocycles. The van der Waals surface area contributed by atoms with Crippen LogP contribution in [0, 0.1) is 0 Å². The molecule has 0 aliphatic rings. The van der Waals surface area contributed by atoms with E-state index in [1.807, 2.05) is 25.1 Å². The van der Waals surface area contributed by atoms with Gasteiger partial charge in [-0.05, 0) is 25.5 Å². The first kappa shape index (κ1) is 16.3. The van der Waals surface area contributed by atoms with Gasteiger partial charge in [-0.1, -0.05) is 50.8 Å². The van der Waals surface area contributed by atoms with Crippen LogP contribution in [0.5, 0.6) is 5.75 Å². The van der Waals surface area contributed by atoms with E-state index in [0.717, 1.165) is 12.8 Å². The predicted octanol–water partition coefficient (Wildman–Crippen LogP) is 5.26. The maximum Gasteiger partial charge on any atom is 0.376 e. The molecule has 0 radical (unpaired) electrons. The Bertz CT molecular complexity index is 392. The van der Waals surface area contributed by atoms with Gasteiger partial charge in [-0.25, -0.2) is 4.57 Å². The molecule has 3 nitrogen and oxygen atoms in total. The molecule has 0 bridgehead atoms. The summed E-state index contributed by atoms with van der Waals surface area (Å²) in [4.78, 5) is 0. The second kappa shape index (κ2) is 8.39. The smallest absolute Gasteiger partial charge is 0.376 e. The second-order valence-electron chi connectivity index (χ2n) is 4.94. The van der Waals surface area contributed by atoms with Gasteiger partial charge in [-0.3, -0.25) is 4.52 Å². The fourth-order valence-corrected chi connectivity index (χ4v) is 3.24. The van der Waals surface area contributed by atoms with Crippen LogP contribution in [0.25, 0.3) is 0 Å². The van der Waals surface area contributed by atoms with E-state index in [1.54, 1.807) is 12.1 Å². The van der Waals surface area contributed by atoms with Gasteiger partial charge >= 0.3 is 7.60 Å². The summed E-state index contributed by atoms with van der Waals surface area (Å²) in [6.45, 7) is 5.67. The number of hydrogen-bond donors (Lipinski definition) is 0. The molecule has 0 spiro atoms. The minimum absolute atomic E-state index is 0.0311. The first-order valence-corrected chi connectivity index (χ1v) is 9.03. The molecule has 0 N–H and O–H groups in total. The lowest BCUT2D eigenvalue weighted by Crippen LogP contribution is -2.08. The lowest BCUT2D eigenvalue weighted by atomic mass is 10.1. The summed E-state index contributed by atoms with van der Waals surface area (Å²) in [6, 6.07) is 9.16. The van der Waals surface area contributed by atoms with Crippen molar-refractivity contribution in [1.82, 2.24) is 0 Å². The molecule has 0 saturated heterocycles. The van der Waals surface area contributed by atoms with Crippen molar-refractivity contribution in [2.24, 2.45) is 0 Å². The average Bonchev–Trinajstić information content (AvgIpc) is 2.34. The van der Waals surface area contributed by atoms with Crippen molar-refractivity contribution in [3.05, 3.63) is 30.3 Å². The lowest BCUT2D eigenvalue weighted by molar-refractivity contribution is 0.184. The van der Waals surface area contributed by atoms with E-state index in [1.165, 1.54) is 25.9 Å². The Kier molecular flexibility index (Phi) is 7.19. The molecule has 0 fully saturated rings. The minimum Gasteiger partial charge on any atom is -0.425 e. The Balaban J connectivity index is 2.35. The van der Waals surface area contributed by atoms with E-state index in [-0.39, 0.29) is 6.10 Å². The zero-order chi connectivity index (χ0) is 14.1. The second-order valence-corrected chi connectivity index (χ2v) is 6.88. The van der Waals surface area contributed by atoms with E-state index < -0.39 is 7.60 Å². The van der Waals surface area contributed by atoms with Crippen LogP contribution in [0.3, 0.4) is 0 Å². The highest BCUT2D eigenvalue weighted by atomic mass is 31.2. The number of benzene rings is 1. The van der Waals surface area contributed by atoms with E-state index in [0.29, 0.717) is 5.75 Å². The molecule has 0 aliphatic carbocycles. The summed E-state index contributed by atoms with van der Waals surface area (Å²) in [7, 11) is -3.03. The Labute approximate surface area is 116 Å². The van der Waals surface area contributed by atoms with Crippen LogP contribution < -0.4 is 4.52 Å². The van der Waals surface area contributed by atoms with Crippen molar-refractivity contribution >= 4 is 7.60 Å². The van der Waals surface area contributed by atoms with Crippen molar-refractivity contribution in [3.63, 3.8) is 0 Å². The predicted molar refractivity (Wildman–Crippen MR) is 79.9 cm³/mol. The molecule has 0 aromatic heterocycles. The topological polar surface area (TPSA) is 35.5 Å². The average molecular weight is 284 g/mol. The Morgan fingerprint density at radius 1 is 1.16 bits per heavy atom. The van der Waals surface area contributed by atoms with Gasteiger partial charge in [0, 0.05) is 6.66 Å². The maximum atomic E-state index is 12.2. The van der Waals surface area contributed by atoms with Crippen LogP contribution in [-0.2, 0) is 9.09 Å². The van der Waals surface area contributed by atoms with Gasteiger partial charge in [0.05, 0.1) is 6.10 Å². The number of hydrogen-bond acceptors (Lipinski definition) is 3. The molecule has 1 aromatic carbocycles. The maximum absolute atomic E-state index is 12.2. The van der Waals surface area contributed by atoms with Gasteiger partial charge in [-0.15, -0.1) is 0 Å². The fourth-order valence-electron chi connectivity index (χ4n) is 1.93. The SMILES string of the molecule is CCCCCC[C@@H](C)OP(C)(=O)Oc1ccccc1. The molecule has 0 amide bonds. The summed E-state index contributed by atoms with van der Waals surface area (Å²) < 4.78 is 23.2. The first-order chi connectivity index (χ1) is 9.03. The van der Waals surface area contributed by atoms with E-state index in [2.05, 4.69) is 6.92 Å². The van der Waals surface area contributed by atoms with Gasteiger partial charge in [0.15, 0.2) is 0 Å². The van der Waals surface area contributed by atoms with E-state index in [4.69, 9.17) is 9.05 Å². The van der Waals surface area contributed by atoms with E-state index in [9.17, 15) is 4.57 Å². The lowest BCUT2D eigenvalue weighted by Gasteiger charge is -2.20. The fraction of sp³-hybridized carbons (Fsp3) is 0.600. The zero-order valence-corrected chi connectivity index (χ0v) is 13.1. The molecule has 108 valence electrons. The van der Waals surface area contributed by atoms with Gasteiger partial charge in [0.2, 0.25) is 0 Å². The van der Waals surface area contributed by atoms with E-state index >= 15 is 0 Å². The molecular weight excluding hydrogens is 259 g/mol. The van der Waals surface area contributed by atoms with Crippen LogP contribution in [0.2, 0.25) is 0 Å². The third kappa shape index (κ3) is 7.39. The number of rotatable bonds is 9. The molecule has 1 rings (SSSR count). The molecule has 1 aromatic rings. The number of para-hydroxylation sites is 1. The van der Waals surface area contributed by atoms with Crippen LogP contribution in [0.15, 0.2) is 30.3 Å². The van der Waals surface area contributed by atoms with Crippen LogP contribution in [0.1, 0.15) is 46.0 Å². The largest absolute Gasteiger partial charge is 0.425 e. The van der Waals surface area contributed by atoms with Crippen LogP contribution in [-0.4, -0.2) is 12.8 Å². The van der Waals surface area contributed by atoms with Crippen LogP contribution >= 0.6 is 7.60 Å². The number of unbranched alkanes of at least 4 members (excludes halogenated alkanes) is 3. The zero-order valence-electron chi connectivity index (χ0n) is 12.2. The van der Waals surface area contributed by atoms with Gasteiger partial charge in [0.1, 0.15) is 5.75 Å².